The van der Waals surface area contributed by atoms with E-state index in [-0.39, 0.29) is 11.8 Å². The van der Waals surface area contributed by atoms with Gasteiger partial charge in [-0.3, -0.25) is 14.7 Å². The molecule has 5 rings (SSSR count). The first kappa shape index (κ1) is 20.0. The van der Waals surface area contributed by atoms with Crippen molar-refractivity contribution in [2.24, 2.45) is 0 Å². The zero-order chi connectivity index (χ0) is 21.4. The molecule has 1 aliphatic heterocycles. The number of anilines is 1. The Labute approximate surface area is 185 Å². The van der Waals surface area contributed by atoms with Gasteiger partial charge in [0.25, 0.3) is 0 Å². The standard InChI is InChI=1S/C23H24ClN5O2/c24-16-7-5-15(6-8-16)23(11-1-2-12-23)22(31)29-13-3-4-19(29)21(30)27-20-10-9-17-18(26-20)14-25-28-17/h5-10,14,19H,1-4,11-13H2,(H,25,28)(H,26,27,30)/t19-/m1/s1. The predicted molar refractivity (Wildman–Crippen MR) is 119 cm³/mol. The van der Waals surface area contributed by atoms with Crippen LogP contribution < -0.4 is 5.32 Å². The van der Waals surface area contributed by atoms with Gasteiger partial charge in [-0.2, -0.15) is 5.10 Å². The van der Waals surface area contributed by atoms with Crippen LogP contribution in [-0.2, 0) is 15.0 Å². The van der Waals surface area contributed by atoms with E-state index in [2.05, 4.69) is 20.5 Å². The number of hydrogen-bond acceptors (Lipinski definition) is 4. The number of aromatic nitrogens is 3. The van der Waals surface area contributed by atoms with Crippen molar-refractivity contribution >= 4 is 40.3 Å². The third-order valence-electron chi connectivity index (χ3n) is 6.63. The number of nitrogens with one attached hydrogen (secondary N) is 2. The third-order valence-corrected chi connectivity index (χ3v) is 6.88. The van der Waals surface area contributed by atoms with Crippen LogP contribution in [0.5, 0.6) is 0 Å². The number of carbonyl (C=O) groups is 2. The Morgan fingerprint density at radius 2 is 1.87 bits per heavy atom. The summed E-state index contributed by atoms with van der Waals surface area (Å²) in [5, 5.41) is 10.4. The van der Waals surface area contributed by atoms with Gasteiger partial charge in [0.15, 0.2) is 0 Å². The molecule has 2 fully saturated rings. The number of H-pyrrole nitrogens is 1. The minimum absolute atomic E-state index is 0.0585. The van der Waals surface area contributed by atoms with Crippen LogP contribution in [0.3, 0.4) is 0 Å². The lowest BCUT2D eigenvalue weighted by Crippen LogP contribution is -2.51. The van der Waals surface area contributed by atoms with Gasteiger partial charge >= 0.3 is 0 Å². The van der Waals surface area contributed by atoms with E-state index in [0.717, 1.165) is 43.2 Å². The molecule has 0 unspecified atom stereocenters. The maximum atomic E-state index is 13.8. The number of hydrogen-bond donors (Lipinski definition) is 2. The van der Waals surface area contributed by atoms with Crippen molar-refractivity contribution in [1.29, 1.82) is 0 Å². The molecule has 7 nitrogen and oxygen atoms in total. The summed E-state index contributed by atoms with van der Waals surface area (Å²) in [4.78, 5) is 33.2. The highest BCUT2D eigenvalue weighted by molar-refractivity contribution is 6.30. The van der Waals surface area contributed by atoms with Crippen molar-refractivity contribution < 1.29 is 9.59 Å². The molecular weight excluding hydrogens is 414 g/mol. The van der Waals surface area contributed by atoms with Crippen molar-refractivity contribution in [2.75, 3.05) is 11.9 Å². The normalized spacial score (nSPS) is 20.3. The van der Waals surface area contributed by atoms with Gasteiger partial charge in [0.1, 0.15) is 17.4 Å². The van der Waals surface area contributed by atoms with Crippen molar-refractivity contribution in [3.8, 4) is 0 Å². The zero-order valence-electron chi connectivity index (χ0n) is 17.1. The second-order valence-electron chi connectivity index (χ2n) is 8.44. The molecule has 2 aliphatic rings. The van der Waals surface area contributed by atoms with E-state index in [1.807, 2.05) is 30.3 Å². The molecule has 1 atom stereocenters. The highest BCUT2D eigenvalue weighted by Crippen LogP contribution is 2.44. The highest BCUT2D eigenvalue weighted by Gasteiger charge is 2.48. The number of rotatable bonds is 4. The van der Waals surface area contributed by atoms with Crippen LogP contribution in [0.4, 0.5) is 5.82 Å². The second-order valence-corrected chi connectivity index (χ2v) is 8.88. The van der Waals surface area contributed by atoms with E-state index in [4.69, 9.17) is 11.6 Å². The molecule has 0 spiro atoms. The predicted octanol–water partition coefficient (Wildman–Crippen LogP) is 4.05. The van der Waals surface area contributed by atoms with Crippen LogP contribution in [-0.4, -0.2) is 44.5 Å². The van der Waals surface area contributed by atoms with Gasteiger partial charge in [-0.05, 0) is 55.5 Å². The minimum Gasteiger partial charge on any atom is -0.330 e. The van der Waals surface area contributed by atoms with Gasteiger partial charge in [-0.1, -0.05) is 36.6 Å². The van der Waals surface area contributed by atoms with E-state index in [9.17, 15) is 9.59 Å². The Balaban J connectivity index is 1.38. The van der Waals surface area contributed by atoms with Gasteiger partial charge in [0.2, 0.25) is 11.8 Å². The molecule has 3 aromatic rings. The number of pyridine rings is 1. The zero-order valence-corrected chi connectivity index (χ0v) is 17.9. The van der Waals surface area contributed by atoms with E-state index in [0.29, 0.717) is 29.3 Å². The quantitative estimate of drug-likeness (QED) is 0.644. The first-order valence-corrected chi connectivity index (χ1v) is 11.1. The molecule has 160 valence electrons. The van der Waals surface area contributed by atoms with E-state index < -0.39 is 11.5 Å². The fourth-order valence-electron chi connectivity index (χ4n) is 5.04. The Morgan fingerprint density at radius 3 is 2.65 bits per heavy atom. The summed E-state index contributed by atoms with van der Waals surface area (Å²) in [6, 6.07) is 10.7. The number of nitrogens with zero attached hydrogens (tertiary/aromatic N) is 3. The lowest BCUT2D eigenvalue weighted by atomic mass is 9.77. The number of fused-ring (bicyclic) bond motifs is 1. The van der Waals surface area contributed by atoms with Crippen molar-refractivity contribution in [3.05, 3.63) is 53.2 Å². The molecule has 31 heavy (non-hydrogen) atoms. The summed E-state index contributed by atoms with van der Waals surface area (Å²) in [6.45, 7) is 0.598. The Kier molecular flexibility index (Phi) is 5.14. The number of likely N-dealkylation sites (tertiary alicyclic amines) is 1. The van der Waals surface area contributed by atoms with Crippen LogP contribution in [0, 0.1) is 0 Å². The molecule has 3 heterocycles. The summed E-state index contributed by atoms with van der Waals surface area (Å²) >= 11 is 6.08. The van der Waals surface area contributed by atoms with Gasteiger partial charge in [0, 0.05) is 11.6 Å². The summed E-state index contributed by atoms with van der Waals surface area (Å²) in [5.41, 5.74) is 1.92. The first-order chi connectivity index (χ1) is 15.1. The van der Waals surface area contributed by atoms with Crippen LogP contribution in [0.1, 0.15) is 44.1 Å². The Bertz CT molecular complexity index is 1120. The second kappa shape index (κ2) is 7.96. The number of amides is 2. The third kappa shape index (κ3) is 3.57. The molecule has 2 N–H and O–H groups in total. The van der Waals surface area contributed by atoms with Crippen LogP contribution in [0.15, 0.2) is 42.6 Å². The molecule has 0 bridgehead atoms. The van der Waals surface area contributed by atoms with Crippen LogP contribution >= 0.6 is 11.6 Å². The topological polar surface area (TPSA) is 91.0 Å². The van der Waals surface area contributed by atoms with Crippen LogP contribution in [0.2, 0.25) is 5.02 Å². The first-order valence-electron chi connectivity index (χ1n) is 10.7. The molecule has 1 saturated heterocycles. The fourth-order valence-corrected chi connectivity index (χ4v) is 5.17. The molecule has 8 heteroatoms. The average Bonchev–Trinajstić information content (AvgIpc) is 3.53. The molecular formula is C23H24ClN5O2. The molecule has 2 amide bonds. The minimum atomic E-state index is -0.568. The molecule has 1 aromatic carbocycles. The smallest absolute Gasteiger partial charge is 0.248 e. The molecule has 1 saturated carbocycles. The van der Waals surface area contributed by atoms with Gasteiger partial charge in [-0.15, -0.1) is 0 Å². The molecule has 0 radical (unpaired) electrons. The number of benzene rings is 1. The lowest BCUT2D eigenvalue weighted by Gasteiger charge is -2.35. The van der Waals surface area contributed by atoms with Gasteiger partial charge in [0.05, 0.1) is 17.1 Å². The largest absolute Gasteiger partial charge is 0.330 e. The summed E-state index contributed by atoms with van der Waals surface area (Å²) in [7, 11) is 0. The highest BCUT2D eigenvalue weighted by atomic mass is 35.5. The number of halogens is 1. The van der Waals surface area contributed by atoms with Gasteiger partial charge in [-0.25, -0.2) is 4.98 Å². The maximum Gasteiger partial charge on any atom is 0.248 e. The summed E-state index contributed by atoms with van der Waals surface area (Å²) in [5.74, 6) is 0.333. The van der Waals surface area contributed by atoms with Crippen molar-refractivity contribution in [2.45, 2.75) is 50.0 Å². The summed E-state index contributed by atoms with van der Waals surface area (Å²) in [6.07, 6.45) is 6.71. The number of aromatic amines is 1. The van der Waals surface area contributed by atoms with Crippen molar-refractivity contribution in [1.82, 2.24) is 20.1 Å². The van der Waals surface area contributed by atoms with Gasteiger partial charge < -0.3 is 10.2 Å². The van der Waals surface area contributed by atoms with E-state index >= 15 is 0 Å². The number of carbonyl (C=O) groups excluding carboxylic acids is 2. The van der Waals surface area contributed by atoms with E-state index in [1.165, 1.54) is 0 Å². The average molecular weight is 438 g/mol. The van der Waals surface area contributed by atoms with E-state index in [1.54, 1.807) is 17.2 Å². The maximum absolute atomic E-state index is 13.8. The summed E-state index contributed by atoms with van der Waals surface area (Å²) < 4.78 is 0. The fraction of sp³-hybridized carbons (Fsp3) is 0.391. The molecule has 2 aromatic heterocycles. The molecule has 1 aliphatic carbocycles. The lowest BCUT2D eigenvalue weighted by molar-refractivity contribution is -0.141. The Morgan fingerprint density at radius 1 is 1.10 bits per heavy atom. The van der Waals surface area contributed by atoms with Crippen LogP contribution in [0.25, 0.3) is 11.0 Å². The SMILES string of the molecule is O=C(Nc1ccc2[nH]ncc2n1)[C@H]1CCCN1C(=O)C1(c2ccc(Cl)cc2)CCCC1. The van der Waals surface area contributed by atoms with Crippen molar-refractivity contribution in [3.63, 3.8) is 0 Å². The Hall–Kier alpha value is -2.93. The monoisotopic (exact) mass is 437 g/mol.